The predicted molar refractivity (Wildman–Crippen MR) is 102 cm³/mol. The highest BCUT2D eigenvalue weighted by Gasteiger charge is 2.65. The number of hydrogen-bond donors (Lipinski definition) is 0. The molecule has 0 saturated heterocycles. The molecule has 2 aliphatic rings. The van der Waals surface area contributed by atoms with Crippen molar-refractivity contribution in [1.82, 2.24) is 0 Å². The van der Waals surface area contributed by atoms with Gasteiger partial charge in [-0.05, 0) is 48.4 Å². The Kier molecular flexibility index (Phi) is 5.17. The summed E-state index contributed by atoms with van der Waals surface area (Å²) in [5.74, 6) is -0.663. The predicted octanol–water partition coefficient (Wildman–Crippen LogP) is 4.50. The first-order valence-corrected chi connectivity index (χ1v) is 12.2. The van der Waals surface area contributed by atoms with Crippen LogP contribution in [0.1, 0.15) is 53.9 Å². The highest BCUT2D eigenvalue weighted by molar-refractivity contribution is 6.74. The van der Waals surface area contributed by atoms with Gasteiger partial charge in [-0.3, -0.25) is 9.59 Å². The molecule has 0 aliphatic heterocycles. The Hall–Kier alpha value is -0.943. The third-order valence-corrected chi connectivity index (χ3v) is 11.2. The lowest BCUT2D eigenvalue weighted by Crippen LogP contribution is -2.64. The van der Waals surface area contributed by atoms with E-state index < -0.39 is 25.8 Å². The first-order chi connectivity index (χ1) is 11.3. The van der Waals surface area contributed by atoms with Crippen molar-refractivity contribution in [2.75, 3.05) is 7.11 Å². The monoisotopic (exact) mass is 366 g/mol. The molecule has 25 heavy (non-hydrogen) atoms. The van der Waals surface area contributed by atoms with Crippen molar-refractivity contribution in [3.05, 3.63) is 12.2 Å². The van der Waals surface area contributed by atoms with E-state index in [0.717, 1.165) is 19.3 Å². The molecule has 0 amide bonds. The number of methoxy groups -OCH3 is 1. The van der Waals surface area contributed by atoms with E-state index >= 15 is 0 Å². The summed E-state index contributed by atoms with van der Waals surface area (Å²) in [5.41, 5.74) is -1.45. The van der Waals surface area contributed by atoms with Crippen molar-refractivity contribution < 1.29 is 18.8 Å². The lowest BCUT2D eigenvalue weighted by atomic mass is 9.51. The van der Waals surface area contributed by atoms with Gasteiger partial charge in [-0.15, -0.1) is 0 Å². The van der Waals surface area contributed by atoms with Gasteiger partial charge >= 0.3 is 5.97 Å². The molecule has 0 heterocycles. The van der Waals surface area contributed by atoms with Gasteiger partial charge in [0.1, 0.15) is 0 Å². The normalized spacial score (nSPS) is 32.2. The van der Waals surface area contributed by atoms with Gasteiger partial charge in [-0.25, -0.2) is 0 Å². The van der Waals surface area contributed by atoms with Crippen LogP contribution < -0.4 is 0 Å². The highest BCUT2D eigenvalue weighted by Crippen LogP contribution is 2.56. The Morgan fingerprint density at radius 2 is 1.84 bits per heavy atom. The Labute approximate surface area is 153 Å². The molecule has 0 aromatic heterocycles. The van der Waals surface area contributed by atoms with E-state index in [2.05, 4.69) is 47.7 Å². The topological polar surface area (TPSA) is 52.6 Å². The van der Waals surface area contributed by atoms with E-state index in [9.17, 15) is 9.59 Å². The summed E-state index contributed by atoms with van der Waals surface area (Å²) in [6, 6.07) is 0. The van der Waals surface area contributed by atoms with E-state index in [4.69, 9.17) is 9.16 Å². The molecule has 1 fully saturated rings. The quantitative estimate of drug-likeness (QED) is 0.419. The van der Waals surface area contributed by atoms with Gasteiger partial charge in [-0.1, -0.05) is 47.1 Å². The van der Waals surface area contributed by atoms with E-state index in [1.807, 2.05) is 6.08 Å². The van der Waals surface area contributed by atoms with E-state index in [1.54, 1.807) is 6.08 Å². The van der Waals surface area contributed by atoms with Crippen molar-refractivity contribution in [3.63, 3.8) is 0 Å². The number of ketones is 1. The van der Waals surface area contributed by atoms with Crippen LogP contribution in [0.15, 0.2) is 12.2 Å². The fourth-order valence-electron chi connectivity index (χ4n) is 4.25. The van der Waals surface area contributed by atoms with Gasteiger partial charge in [0, 0.05) is 0 Å². The molecular formula is C20H34O4Si. The molecule has 5 heteroatoms. The van der Waals surface area contributed by atoms with Crippen LogP contribution in [0.25, 0.3) is 0 Å². The highest BCUT2D eigenvalue weighted by atomic mass is 28.4. The Balaban J connectivity index is 2.58. The number of allylic oxidation sites excluding steroid dienone is 2. The van der Waals surface area contributed by atoms with Crippen LogP contribution in [0.5, 0.6) is 0 Å². The van der Waals surface area contributed by atoms with Crippen molar-refractivity contribution in [2.24, 2.45) is 16.7 Å². The van der Waals surface area contributed by atoms with Crippen LogP contribution in [0, 0.1) is 16.7 Å². The van der Waals surface area contributed by atoms with Gasteiger partial charge in [0.05, 0.1) is 13.2 Å². The Bertz CT molecular complexity index is 585. The molecule has 0 spiro atoms. The molecular weight excluding hydrogens is 332 g/mol. The summed E-state index contributed by atoms with van der Waals surface area (Å²) >= 11 is 0. The second-order valence-electron chi connectivity index (χ2n) is 9.73. The second kappa shape index (κ2) is 6.34. The number of ether oxygens (including phenoxy) is 1. The van der Waals surface area contributed by atoms with Crippen LogP contribution >= 0.6 is 0 Å². The molecule has 0 radical (unpaired) electrons. The molecule has 2 rings (SSSR count). The first-order valence-electron chi connectivity index (χ1n) is 9.30. The molecule has 2 aliphatic carbocycles. The summed E-state index contributed by atoms with van der Waals surface area (Å²) in [4.78, 5) is 26.2. The van der Waals surface area contributed by atoms with Gasteiger partial charge in [0.2, 0.25) is 0 Å². The number of fused-ring (bicyclic) bond motifs is 1. The maximum absolute atomic E-state index is 13.1. The zero-order valence-electron chi connectivity index (χ0n) is 17.1. The molecule has 0 aromatic carbocycles. The molecule has 3 atom stereocenters. The van der Waals surface area contributed by atoms with Gasteiger partial charge in [-0.2, -0.15) is 0 Å². The summed E-state index contributed by atoms with van der Waals surface area (Å²) in [6.45, 7) is 15.1. The zero-order chi connectivity index (χ0) is 19.3. The van der Waals surface area contributed by atoms with E-state index in [-0.39, 0.29) is 22.2 Å². The van der Waals surface area contributed by atoms with Gasteiger partial charge in [0.15, 0.2) is 19.5 Å². The van der Waals surface area contributed by atoms with Crippen LogP contribution in [-0.2, 0) is 18.8 Å². The summed E-state index contributed by atoms with van der Waals surface area (Å²) < 4.78 is 11.9. The lowest BCUT2D eigenvalue weighted by Gasteiger charge is -2.54. The van der Waals surface area contributed by atoms with Crippen molar-refractivity contribution in [3.8, 4) is 0 Å². The maximum Gasteiger partial charge on any atom is 0.322 e. The second-order valence-corrected chi connectivity index (χ2v) is 14.5. The first kappa shape index (κ1) is 20.4. The molecule has 0 bridgehead atoms. The van der Waals surface area contributed by atoms with Crippen LogP contribution in [-0.4, -0.2) is 33.3 Å². The molecule has 0 N–H and O–H groups in total. The maximum atomic E-state index is 13.1. The summed E-state index contributed by atoms with van der Waals surface area (Å²) in [7, 11) is -0.755. The minimum atomic E-state index is -2.13. The van der Waals surface area contributed by atoms with Crippen molar-refractivity contribution >= 4 is 20.1 Å². The molecule has 4 nitrogen and oxygen atoms in total. The zero-order valence-corrected chi connectivity index (χ0v) is 18.1. The van der Waals surface area contributed by atoms with E-state index in [1.165, 1.54) is 7.11 Å². The van der Waals surface area contributed by atoms with Crippen LogP contribution in [0.3, 0.4) is 0 Å². The lowest BCUT2D eigenvalue weighted by molar-refractivity contribution is -0.179. The Morgan fingerprint density at radius 1 is 1.24 bits per heavy atom. The number of carbonyl (C=O) groups excluding carboxylic acids is 2. The van der Waals surface area contributed by atoms with Crippen molar-refractivity contribution in [2.45, 2.75) is 78.1 Å². The van der Waals surface area contributed by atoms with Crippen molar-refractivity contribution in [1.29, 1.82) is 0 Å². The number of esters is 1. The van der Waals surface area contributed by atoms with Gasteiger partial charge < -0.3 is 9.16 Å². The fraction of sp³-hybridized carbons (Fsp3) is 0.800. The number of carbonyl (C=O) groups is 2. The van der Waals surface area contributed by atoms with Gasteiger partial charge in [0.25, 0.3) is 0 Å². The number of hydrogen-bond acceptors (Lipinski definition) is 4. The molecule has 0 aromatic rings. The smallest absolute Gasteiger partial charge is 0.322 e. The molecule has 142 valence electrons. The SMILES string of the molecule is COC(=O)[C@]12C(=O)C=CC(C)(C)[C@H]1CCC[C@H]2O[Si](C)(C)C(C)(C)C. The largest absolute Gasteiger partial charge is 0.468 e. The third kappa shape index (κ3) is 3.14. The average molecular weight is 367 g/mol. The Morgan fingerprint density at radius 3 is 2.36 bits per heavy atom. The average Bonchev–Trinajstić information content (AvgIpc) is 2.49. The molecule has 0 unspecified atom stereocenters. The molecule has 1 saturated carbocycles. The minimum Gasteiger partial charge on any atom is -0.468 e. The number of rotatable bonds is 3. The fourth-order valence-corrected chi connectivity index (χ4v) is 5.62. The standard InChI is InChI=1S/C20H34O4Si/c1-18(2,3)25(7,8)24-16-11-9-10-14-19(4,5)13-12-15(21)20(14,16)17(22)23-6/h12-14,16H,9-11H2,1-8H3/t14-,16-,20+/m1/s1. The minimum absolute atomic E-state index is 0.0142. The summed E-state index contributed by atoms with van der Waals surface area (Å²) in [6.07, 6.45) is 5.67. The third-order valence-electron chi connectivity index (χ3n) is 6.75. The van der Waals surface area contributed by atoms with Crippen LogP contribution in [0.2, 0.25) is 18.1 Å². The summed E-state index contributed by atoms with van der Waals surface area (Å²) in [5, 5.41) is 0.0142. The van der Waals surface area contributed by atoms with E-state index in [0.29, 0.717) is 0 Å². The van der Waals surface area contributed by atoms with Crippen LogP contribution in [0.4, 0.5) is 0 Å².